The molecule has 2 aromatic rings. The lowest BCUT2D eigenvalue weighted by Gasteiger charge is -2.05. The van der Waals surface area contributed by atoms with Crippen LogP contribution in [-0.4, -0.2) is 0 Å². The van der Waals surface area contributed by atoms with E-state index in [0.29, 0.717) is 17.5 Å². The fourth-order valence-electron chi connectivity index (χ4n) is 1.87. The van der Waals surface area contributed by atoms with Gasteiger partial charge in [0.1, 0.15) is 0 Å². The molecule has 0 aliphatic heterocycles. The van der Waals surface area contributed by atoms with Crippen molar-refractivity contribution < 1.29 is 8.78 Å². The second-order valence-electron chi connectivity index (χ2n) is 4.25. The summed E-state index contributed by atoms with van der Waals surface area (Å²) in [5.74, 6) is 4.31. The molecule has 0 aliphatic rings. The first-order chi connectivity index (χ1) is 9.22. The van der Waals surface area contributed by atoms with E-state index in [1.807, 2.05) is 37.3 Å². The molecule has 0 spiro atoms. The van der Waals surface area contributed by atoms with Crippen molar-refractivity contribution in [1.29, 1.82) is 0 Å². The van der Waals surface area contributed by atoms with E-state index in [9.17, 15) is 8.78 Å². The zero-order valence-electron chi connectivity index (χ0n) is 10.7. The van der Waals surface area contributed by atoms with Gasteiger partial charge in [-0.1, -0.05) is 43.4 Å². The molecule has 2 aromatic carbocycles. The molecule has 96 valence electrons. The van der Waals surface area contributed by atoms with Gasteiger partial charge in [-0.3, -0.25) is 0 Å². The molecule has 0 radical (unpaired) electrons. The van der Waals surface area contributed by atoms with Gasteiger partial charge < -0.3 is 0 Å². The Bertz CT molecular complexity index is 619. The van der Waals surface area contributed by atoms with Crippen LogP contribution < -0.4 is 0 Å². The lowest BCUT2D eigenvalue weighted by atomic mass is 10.0. The third-order valence-corrected chi connectivity index (χ3v) is 2.81. The number of rotatable bonds is 2. The first-order valence-corrected chi connectivity index (χ1v) is 6.26. The molecule has 2 rings (SSSR count). The van der Waals surface area contributed by atoms with Crippen molar-refractivity contribution in [2.45, 2.75) is 19.8 Å². The summed E-state index contributed by atoms with van der Waals surface area (Å²) in [6.45, 7) is 1.93. The molecule has 0 amide bonds. The van der Waals surface area contributed by atoms with Crippen LogP contribution in [0.5, 0.6) is 0 Å². The molecule has 0 atom stereocenters. The van der Waals surface area contributed by atoms with E-state index < -0.39 is 11.6 Å². The van der Waals surface area contributed by atoms with Crippen molar-refractivity contribution >= 4 is 0 Å². The van der Waals surface area contributed by atoms with Gasteiger partial charge in [-0.05, 0) is 30.7 Å². The lowest BCUT2D eigenvalue weighted by molar-refractivity contribution is 0.497. The van der Waals surface area contributed by atoms with Crippen LogP contribution in [0.2, 0.25) is 0 Å². The molecule has 0 heterocycles. The maximum absolute atomic E-state index is 13.7. The molecule has 0 saturated heterocycles. The standard InChI is InChI=1S/C17H14F2/c1-2-6-15-14(11-12-16(18)17(15)19)10-9-13-7-4-3-5-8-13/h3-5,7-8,11-12H,2,6H2,1H3. The lowest BCUT2D eigenvalue weighted by Crippen LogP contribution is -1.98. The SMILES string of the molecule is CCCc1c(C#Cc2ccccc2)ccc(F)c1F. The van der Waals surface area contributed by atoms with Crippen LogP contribution in [0.3, 0.4) is 0 Å². The van der Waals surface area contributed by atoms with Gasteiger partial charge >= 0.3 is 0 Å². The van der Waals surface area contributed by atoms with Gasteiger partial charge in [-0.25, -0.2) is 8.78 Å². The van der Waals surface area contributed by atoms with Crippen molar-refractivity contribution in [2.24, 2.45) is 0 Å². The third-order valence-electron chi connectivity index (χ3n) is 2.81. The summed E-state index contributed by atoms with van der Waals surface area (Å²) in [7, 11) is 0. The molecule has 0 bridgehead atoms. The summed E-state index contributed by atoms with van der Waals surface area (Å²) in [4.78, 5) is 0. The average molecular weight is 256 g/mol. The molecule has 0 aliphatic carbocycles. The Hall–Kier alpha value is -2.14. The molecule has 0 fully saturated rings. The minimum absolute atomic E-state index is 0.367. The fourth-order valence-corrected chi connectivity index (χ4v) is 1.87. The highest BCUT2D eigenvalue weighted by Gasteiger charge is 2.11. The third kappa shape index (κ3) is 3.20. The van der Waals surface area contributed by atoms with Crippen LogP contribution in [0.25, 0.3) is 0 Å². The van der Waals surface area contributed by atoms with Crippen LogP contribution in [0.4, 0.5) is 8.78 Å². The minimum Gasteiger partial charge on any atom is -0.204 e. The number of hydrogen-bond donors (Lipinski definition) is 0. The fraction of sp³-hybridized carbons (Fsp3) is 0.176. The number of benzene rings is 2. The number of hydrogen-bond acceptors (Lipinski definition) is 0. The van der Waals surface area contributed by atoms with Crippen LogP contribution in [0.1, 0.15) is 30.0 Å². The molecule has 19 heavy (non-hydrogen) atoms. The van der Waals surface area contributed by atoms with Gasteiger partial charge in [0.15, 0.2) is 11.6 Å². The first-order valence-electron chi connectivity index (χ1n) is 6.26. The van der Waals surface area contributed by atoms with Gasteiger partial charge in [0.2, 0.25) is 0 Å². The highest BCUT2D eigenvalue weighted by Crippen LogP contribution is 2.18. The Morgan fingerprint density at radius 2 is 1.68 bits per heavy atom. The van der Waals surface area contributed by atoms with E-state index in [1.54, 1.807) is 6.07 Å². The first kappa shape index (κ1) is 13.3. The van der Waals surface area contributed by atoms with E-state index in [0.717, 1.165) is 18.1 Å². The molecule has 0 unspecified atom stereocenters. The van der Waals surface area contributed by atoms with Crippen molar-refractivity contribution in [3.63, 3.8) is 0 Å². The smallest absolute Gasteiger partial charge is 0.163 e. The highest BCUT2D eigenvalue weighted by molar-refractivity contribution is 5.47. The second kappa shape index (κ2) is 6.15. The molecule has 2 heteroatoms. The summed E-state index contributed by atoms with van der Waals surface area (Å²) in [6.07, 6.45) is 1.24. The molecule has 0 N–H and O–H groups in total. The zero-order valence-corrected chi connectivity index (χ0v) is 10.7. The predicted octanol–water partition coefficient (Wildman–Crippen LogP) is 4.32. The summed E-state index contributed by atoms with van der Waals surface area (Å²) >= 11 is 0. The van der Waals surface area contributed by atoms with E-state index in [2.05, 4.69) is 11.8 Å². The van der Waals surface area contributed by atoms with E-state index in [1.165, 1.54) is 0 Å². The summed E-state index contributed by atoms with van der Waals surface area (Å²) in [5.41, 5.74) is 1.78. The van der Waals surface area contributed by atoms with Crippen molar-refractivity contribution in [2.75, 3.05) is 0 Å². The molecule has 0 nitrogen and oxygen atoms in total. The summed E-state index contributed by atoms with van der Waals surface area (Å²) in [5, 5.41) is 0. The molecular weight excluding hydrogens is 242 g/mol. The van der Waals surface area contributed by atoms with E-state index >= 15 is 0 Å². The largest absolute Gasteiger partial charge is 0.204 e. The normalized spacial score (nSPS) is 9.84. The van der Waals surface area contributed by atoms with Crippen LogP contribution >= 0.6 is 0 Å². The second-order valence-corrected chi connectivity index (χ2v) is 4.25. The molecule has 0 aromatic heterocycles. The predicted molar refractivity (Wildman–Crippen MR) is 72.8 cm³/mol. The quantitative estimate of drug-likeness (QED) is 0.702. The summed E-state index contributed by atoms with van der Waals surface area (Å²) in [6, 6.07) is 12.1. The Labute approximate surface area is 112 Å². The monoisotopic (exact) mass is 256 g/mol. The Morgan fingerprint density at radius 3 is 2.37 bits per heavy atom. The van der Waals surface area contributed by atoms with E-state index in [-0.39, 0.29) is 0 Å². The summed E-state index contributed by atoms with van der Waals surface area (Å²) < 4.78 is 27.0. The van der Waals surface area contributed by atoms with Gasteiger partial charge in [0, 0.05) is 16.7 Å². The van der Waals surface area contributed by atoms with E-state index in [4.69, 9.17) is 0 Å². The molecular formula is C17H14F2. The van der Waals surface area contributed by atoms with Gasteiger partial charge in [0.05, 0.1) is 0 Å². The zero-order chi connectivity index (χ0) is 13.7. The Kier molecular flexibility index (Phi) is 4.30. The number of halogens is 2. The Balaban J connectivity index is 2.41. The highest BCUT2D eigenvalue weighted by atomic mass is 19.2. The topological polar surface area (TPSA) is 0 Å². The van der Waals surface area contributed by atoms with Crippen molar-refractivity contribution in [3.8, 4) is 11.8 Å². The van der Waals surface area contributed by atoms with Crippen molar-refractivity contribution in [3.05, 3.63) is 70.8 Å². The van der Waals surface area contributed by atoms with Crippen LogP contribution in [0.15, 0.2) is 42.5 Å². The van der Waals surface area contributed by atoms with Crippen LogP contribution in [-0.2, 0) is 6.42 Å². The van der Waals surface area contributed by atoms with Gasteiger partial charge in [0.25, 0.3) is 0 Å². The van der Waals surface area contributed by atoms with Crippen LogP contribution in [0, 0.1) is 23.5 Å². The Morgan fingerprint density at radius 1 is 0.947 bits per heavy atom. The maximum atomic E-state index is 13.7. The average Bonchev–Trinajstić information content (AvgIpc) is 2.44. The molecule has 0 saturated carbocycles. The maximum Gasteiger partial charge on any atom is 0.163 e. The minimum atomic E-state index is -0.811. The van der Waals surface area contributed by atoms with Gasteiger partial charge in [-0.15, -0.1) is 0 Å². The van der Waals surface area contributed by atoms with Gasteiger partial charge in [-0.2, -0.15) is 0 Å². The van der Waals surface area contributed by atoms with Crippen molar-refractivity contribution in [1.82, 2.24) is 0 Å².